The fraction of sp³-hybridized carbons (Fsp3) is 0.500. The van der Waals surface area contributed by atoms with Gasteiger partial charge in [-0.15, -0.1) is 5.10 Å². The first-order valence-corrected chi connectivity index (χ1v) is 7.04. The first kappa shape index (κ1) is 15.2. The molecule has 7 heteroatoms. The summed E-state index contributed by atoms with van der Waals surface area (Å²) in [7, 11) is 1.58. The summed E-state index contributed by atoms with van der Waals surface area (Å²) in [6.45, 7) is 4.05. The smallest absolute Gasteiger partial charge is 0.185 e. The van der Waals surface area contributed by atoms with E-state index in [1.807, 2.05) is 12.1 Å². The van der Waals surface area contributed by atoms with Gasteiger partial charge in [-0.1, -0.05) is 19.4 Å². The molecule has 2 rings (SSSR count). The van der Waals surface area contributed by atoms with Crippen LogP contribution in [0.2, 0.25) is 0 Å². The summed E-state index contributed by atoms with van der Waals surface area (Å²) in [4.78, 5) is 0. The van der Waals surface area contributed by atoms with Crippen LogP contribution < -0.4 is 10.5 Å². The van der Waals surface area contributed by atoms with Crippen molar-refractivity contribution in [1.82, 2.24) is 20.2 Å². The molecule has 7 nitrogen and oxygen atoms in total. The second-order valence-electron chi connectivity index (χ2n) is 4.62. The van der Waals surface area contributed by atoms with Gasteiger partial charge in [-0.2, -0.15) is 0 Å². The largest absolute Gasteiger partial charge is 0.494 e. The Hall–Kier alpha value is -2.15. The number of aromatic nitrogens is 4. The normalized spacial score (nSPS) is 10.8. The summed E-state index contributed by atoms with van der Waals surface area (Å²) >= 11 is 0. The van der Waals surface area contributed by atoms with E-state index in [0.29, 0.717) is 30.4 Å². The van der Waals surface area contributed by atoms with Crippen molar-refractivity contribution >= 4 is 5.69 Å². The van der Waals surface area contributed by atoms with Crippen LogP contribution in [-0.2, 0) is 11.3 Å². The second kappa shape index (κ2) is 7.58. The van der Waals surface area contributed by atoms with Crippen LogP contribution in [0.3, 0.4) is 0 Å². The van der Waals surface area contributed by atoms with E-state index in [-0.39, 0.29) is 0 Å². The van der Waals surface area contributed by atoms with Crippen molar-refractivity contribution in [3.63, 3.8) is 0 Å². The summed E-state index contributed by atoms with van der Waals surface area (Å²) < 4.78 is 12.6. The summed E-state index contributed by atoms with van der Waals surface area (Å²) in [6.07, 6.45) is 2.18. The van der Waals surface area contributed by atoms with Crippen molar-refractivity contribution < 1.29 is 9.47 Å². The van der Waals surface area contributed by atoms with Gasteiger partial charge in [0.05, 0.1) is 31.5 Å². The summed E-state index contributed by atoms with van der Waals surface area (Å²) in [5.41, 5.74) is 7.25. The molecule has 2 N–H and O–H groups in total. The van der Waals surface area contributed by atoms with E-state index in [1.165, 1.54) is 0 Å². The van der Waals surface area contributed by atoms with Gasteiger partial charge in [0.25, 0.3) is 0 Å². The van der Waals surface area contributed by atoms with E-state index in [4.69, 9.17) is 15.2 Å². The van der Waals surface area contributed by atoms with E-state index < -0.39 is 0 Å². The number of ether oxygens (including phenoxy) is 2. The fourth-order valence-corrected chi connectivity index (χ4v) is 2.01. The number of unbranched alkanes of at least 4 members (excludes halogenated alkanes) is 1. The first-order valence-electron chi connectivity index (χ1n) is 7.04. The Morgan fingerprint density at radius 3 is 2.90 bits per heavy atom. The molecule has 0 bridgehead atoms. The maximum Gasteiger partial charge on any atom is 0.185 e. The molecule has 1 aromatic heterocycles. The Morgan fingerprint density at radius 1 is 1.29 bits per heavy atom. The van der Waals surface area contributed by atoms with Crippen molar-refractivity contribution in [1.29, 1.82) is 0 Å². The molecular formula is C14H21N5O2. The van der Waals surface area contributed by atoms with Gasteiger partial charge in [0, 0.05) is 6.61 Å². The van der Waals surface area contributed by atoms with Crippen molar-refractivity contribution in [2.75, 3.05) is 26.1 Å². The van der Waals surface area contributed by atoms with Crippen LogP contribution in [0.4, 0.5) is 5.69 Å². The molecule has 0 saturated carbocycles. The van der Waals surface area contributed by atoms with Crippen LogP contribution in [-0.4, -0.2) is 40.5 Å². The van der Waals surface area contributed by atoms with Crippen LogP contribution in [0.25, 0.3) is 11.4 Å². The monoisotopic (exact) mass is 291 g/mol. The molecule has 21 heavy (non-hydrogen) atoms. The molecule has 1 heterocycles. The minimum Gasteiger partial charge on any atom is -0.494 e. The number of nitrogen functional groups attached to an aromatic ring is 1. The lowest BCUT2D eigenvalue weighted by Crippen LogP contribution is -2.10. The molecule has 2 aromatic rings. The first-order chi connectivity index (χ1) is 10.3. The molecule has 0 aliphatic carbocycles. The highest BCUT2D eigenvalue weighted by atomic mass is 16.5. The number of benzene rings is 1. The third-order valence-corrected chi connectivity index (χ3v) is 3.11. The standard InChI is InChI=1S/C14H21N5O2/c1-3-4-9-21-10-8-19-14(16-17-18-19)11-6-5-7-12(15)13(11)20-2/h5-7H,3-4,8-10,15H2,1-2H3. The molecule has 0 amide bonds. The zero-order valence-electron chi connectivity index (χ0n) is 12.5. The molecule has 0 unspecified atom stereocenters. The Kier molecular flexibility index (Phi) is 5.51. The number of methoxy groups -OCH3 is 1. The lowest BCUT2D eigenvalue weighted by atomic mass is 10.1. The molecule has 0 saturated heterocycles. The van der Waals surface area contributed by atoms with Crippen molar-refractivity contribution in [3.05, 3.63) is 18.2 Å². The second-order valence-corrected chi connectivity index (χ2v) is 4.62. The van der Waals surface area contributed by atoms with E-state index >= 15 is 0 Å². The molecule has 0 fully saturated rings. The van der Waals surface area contributed by atoms with E-state index in [0.717, 1.165) is 25.0 Å². The third kappa shape index (κ3) is 3.69. The van der Waals surface area contributed by atoms with Crippen LogP contribution in [0, 0.1) is 0 Å². The summed E-state index contributed by atoms with van der Waals surface area (Å²) in [6, 6.07) is 5.52. The van der Waals surface area contributed by atoms with Gasteiger partial charge in [0.1, 0.15) is 0 Å². The predicted octanol–water partition coefficient (Wildman–Crippen LogP) is 1.75. The van der Waals surface area contributed by atoms with Crippen molar-refractivity contribution in [2.45, 2.75) is 26.3 Å². The van der Waals surface area contributed by atoms with E-state index in [2.05, 4.69) is 22.4 Å². The van der Waals surface area contributed by atoms with Gasteiger partial charge in [-0.25, -0.2) is 4.68 Å². The van der Waals surface area contributed by atoms with Gasteiger partial charge in [0.15, 0.2) is 11.6 Å². The van der Waals surface area contributed by atoms with Crippen LogP contribution in [0.5, 0.6) is 5.75 Å². The molecule has 0 radical (unpaired) electrons. The number of anilines is 1. The molecule has 0 aliphatic heterocycles. The SMILES string of the molecule is CCCCOCCn1nnnc1-c1cccc(N)c1OC. The number of para-hydroxylation sites is 1. The molecular weight excluding hydrogens is 270 g/mol. The van der Waals surface area contributed by atoms with Crippen molar-refractivity contribution in [2.24, 2.45) is 0 Å². The minimum atomic E-state index is 0.559. The lowest BCUT2D eigenvalue weighted by Gasteiger charge is -2.11. The average Bonchev–Trinajstić information content (AvgIpc) is 2.95. The number of nitrogens with two attached hydrogens (primary N) is 1. The van der Waals surface area contributed by atoms with Crippen molar-refractivity contribution in [3.8, 4) is 17.1 Å². The van der Waals surface area contributed by atoms with Gasteiger partial charge >= 0.3 is 0 Å². The Morgan fingerprint density at radius 2 is 2.14 bits per heavy atom. The van der Waals surface area contributed by atoms with Crippen LogP contribution in [0.1, 0.15) is 19.8 Å². The van der Waals surface area contributed by atoms with E-state index in [1.54, 1.807) is 17.9 Å². The maximum atomic E-state index is 5.92. The summed E-state index contributed by atoms with van der Waals surface area (Å²) in [5, 5.41) is 11.8. The van der Waals surface area contributed by atoms with Gasteiger partial charge < -0.3 is 15.2 Å². The van der Waals surface area contributed by atoms with Gasteiger partial charge in [0.2, 0.25) is 0 Å². The van der Waals surface area contributed by atoms with Gasteiger partial charge in [-0.05, 0) is 29.0 Å². The fourth-order valence-electron chi connectivity index (χ4n) is 2.01. The highest BCUT2D eigenvalue weighted by molar-refractivity contribution is 5.73. The predicted molar refractivity (Wildman–Crippen MR) is 79.9 cm³/mol. The Labute approximate surface area is 124 Å². The summed E-state index contributed by atoms with van der Waals surface area (Å²) in [5.74, 6) is 1.21. The highest BCUT2D eigenvalue weighted by Crippen LogP contribution is 2.32. The molecule has 0 atom stereocenters. The van der Waals surface area contributed by atoms with E-state index in [9.17, 15) is 0 Å². The topological polar surface area (TPSA) is 88.1 Å². The van der Waals surface area contributed by atoms with Crippen LogP contribution in [0.15, 0.2) is 18.2 Å². The quantitative estimate of drug-likeness (QED) is 0.589. The zero-order valence-corrected chi connectivity index (χ0v) is 12.5. The number of rotatable bonds is 8. The maximum absolute atomic E-state index is 5.92. The Balaban J connectivity index is 2.11. The molecule has 0 aliphatic rings. The molecule has 114 valence electrons. The molecule has 0 spiro atoms. The third-order valence-electron chi connectivity index (χ3n) is 3.11. The number of tetrazole rings is 1. The van der Waals surface area contributed by atoms with Crippen LogP contribution >= 0.6 is 0 Å². The number of nitrogens with zero attached hydrogens (tertiary/aromatic N) is 4. The van der Waals surface area contributed by atoms with Gasteiger partial charge in [-0.3, -0.25) is 0 Å². The zero-order chi connectivity index (χ0) is 15.1. The molecule has 1 aromatic carbocycles. The average molecular weight is 291 g/mol. The minimum absolute atomic E-state index is 0.559. The number of hydrogen-bond acceptors (Lipinski definition) is 6. The Bertz CT molecular complexity index is 570. The lowest BCUT2D eigenvalue weighted by molar-refractivity contribution is 0.121. The number of hydrogen-bond donors (Lipinski definition) is 1. The highest BCUT2D eigenvalue weighted by Gasteiger charge is 2.15.